The Hall–Kier alpha value is -0.146. The third-order valence-electron chi connectivity index (χ3n) is 3.42. The third kappa shape index (κ3) is 6.96. The Morgan fingerprint density at radius 3 is 2.14 bits per heavy atom. The number of hydrogen-bond donors (Lipinski definition) is 0. The van der Waals surface area contributed by atoms with E-state index in [1.54, 1.807) is 24.3 Å². The summed E-state index contributed by atoms with van der Waals surface area (Å²) in [5, 5.41) is 0. The lowest BCUT2D eigenvalue weighted by Gasteiger charge is -2.32. The van der Waals surface area contributed by atoms with Crippen molar-refractivity contribution in [1.82, 2.24) is 0 Å². The Balaban J connectivity index is 2.45. The highest BCUT2D eigenvalue weighted by atomic mass is 35.5. The lowest BCUT2D eigenvalue weighted by atomic mass is 10.4. The van der Waals surface area contributed by atoms with Crippen molar-refractivity contribution < 1.29 is 12.5 Å². The van der Waals surface area contributed by atoms with Crippen molar-refractivity contribution in [2.24, 2.45) is 0 Å². The average molecular weight is 379 g/mol. The minimum atomic E-state index is -3.16. The van der Waals surface area contributed by atoms with Crippen LogP contribution < -0.4 is 0 Å². The van der Waals surface area contributed by atoms with Crippen LogP contribution >= 0.6 is 11.6 Å². The maximum absolute atomic E-state index is 12.2. The van der Waals surface area contributed by atoms with Gasteiger partial charge in [-0.15, -0.1) is 11.6 Å². The molecule has 3 nitrogen and oxygen atoms in total. The highest BCUT2D eigenvalue weighted by molar-refractivity contribution is 7.91. The fraction of sp³-hybridized carbons (Fsp3) is 0.600. The molecule has 1 rings (SSSR count). The van der Waals surface area contributed by atoms with Crippen molar-refractivity contribution in [2.45, 2.75) is 50.0 Å². The van der Waals surface area contributed by atoms with Gasteiger partial charge >= 0.3 is 0 Å². The predicted molar refractivity (Wildman–Crippen MR) is 99.3 cm³/mol. The van der Waals surface area contributed by atoms with E-state index in [0.717, 1.165) is 12.5 Å². The maximum Gasteiger partial charge on any atom is 0.188 e. The van der Waals surface area contributed by atoms with Gasteiger partial charge in [-0.2, -0.15) is 0 Å². The third-order valence-corrected chi connectivity index (χ3v) is 13.8. The van der Waals surface area contributed by atoms with Gasteiger partial charge in [0.1, 0.15) is 0 Å². The standard InChI is InChI=1S/C15H27ClO3SSi2/c1-21(2,19-22(3,4)14-16)13-9-8-12-20(17,18)15-10-6-5-7-11-15/h5-7,10-11H,8-9,12-14H2,1-4H3. The summed E-state index contributed by atoms with van der Waals surface area (Å²) in [6.45, 7) is 8.66. The van der Waals surface area contributed by atoms with E-state index in [2.05, 4.69) is 26.2 Å². The lowest BCUT2D eigenvalue weighted by Crippen LogP contribution is -2.45. The zero-order valence-corrected chi connectivity index (χ0v) is 17.5. The van der Waals surface area contributed by atoms with E-state index in [9.17, 15) is 8.42 Å². The van der Waals surface area contributed by atoms with Crippen LogP contribution in [0.5, 0.6) is 0 Å². The van der Waals surface area contributed by atoms with Gasteiger partial charge in [0.25, 0.3) is 0 Å². The highest BCUT2D eigenvalue weighted by Crippen LogP contribution is 2.22. The van der Waals surface area contributed by atoms with Gasteiger partial charge in [0, 0.05) is 5.50 Å². The molecule has 0 aliphatic rings. The summed E-state index contributed by atoms with van der Waals surface area (Å²) in [4.78, 5) is 0.415. The molecule has 7 heteroatoms. The van der Waals surface area contributed by atoms with Gasteiger partial charge in [-0.25, -0.2) is 8.42 Å². The van der Waals surface area contributed by atoms with Crippen LogP contribution in [0.25, 0.3) is 0 Å². The maximum atomic E-state index is 12.2. The molecule has 126 valence electrons. The molecule has 22 heavy (non-hydrogen) atoms. The summed E-state index contributed by atoms with van der Waals surface area (Å²) in [5.41, 5.74) is 0.603. The van der Waals surface area contributed by atoms with Crippen LogP contribution in [-0.4, -0.2) is 36.3 Å². The summed E-state index contributed by atoms with van der Waals surface area (Å²) in [7, 11) is -6.66. The number of halogens is 1. The van der Waals surface area contributed by atoms with Crippen LogP contribution in [0.2, 0.25) is 32.2 Å². The monoisotopic (exact) mass is 378 g/mol. The molecular weight excluding hydrogens is 352 g/mol. The Kier molecular flexibility index (Phi) is 7.33. The molecule has 0 saturated heterocycles. The fourth-order valence-corrected chi connectivity index (χ4v) is 12.0. The molecule has 0 radical (unpaired) electrons. The number of alkyl halides is 1. The minimum Gasteiger partial charge on any atom is -0.455 e. The van der Waals surface area contributed by atoms with Crippen LogP contribution in [-0.2, 0) is 14.0 Å². The van der Waals surface area contributed by atoms with E-state index >= 15 is 0 Å². The van der Waals surface area contributed by atoms with E-state index in [1.165, 1.54) is 0 Å². The summed E-state index contributed by atoms with van der Waals surface area (Å²) >= 11 is 5.97. The summed E-state index contributed by atoms with van der Waals surface area (Å²) in [6, 6.07) is 9.64. The Morgan fingerprint density at radius 2 is 1.59 bits per heavy atom. The number of sulfone groups is 1. The Bertz CT molecular complexity index is 559. The van der Waals surface area contributed by atoms with Crippen LogP contribution in [0.15, 0.2) is 35.2 Å². The van der Waals surface area contributed by atoms with E-state index in [1.807, 2.05) is 6.07 Å². The molecule has 0 atom stereocenters. The molecule has 0 spiro atoms. The molecule has 1 aromatic rings. The molecule has 0 bridgehead atoms. The van der Waals surface area contributed by atoms with Gasteiger partial charge in [-0.3, -0.25) is 0 Å². The van der Waals surface area contributed by atoms with Crippen molar-refractivity contribution in [3.63, 3.8) is 0 Å². The van der Waals surface area contributed by atoms with Gasteiger partial charge in [0.15, 0.2) is 26.5 Å². The first-order valence-corrected chi connectivity index (χ1v) is 16.0. The number of rotatable bonds is 9. The number of unbranched alkanes of at least 4 members (excludes halogenated alkanes) is 1. The second-order valence-corrected chi connectivity index (χ2v) is 18.4. The molecule has 0 saturated carbocycles. The molecule has 0 heterocycles. The Labute approximate surface area is 142 Å². The van der Waals surface area contributed by atoms with Gasteiger partial charge in [0.05, 0.1) is 10.6 Å². The molecule has 0 amide bonds. The second-order valence-electron chi connectivity index (χ2n) is 6.84. The largest absolute Gasteiger partial charge is 0.455 e. The van der Waals surface area contributed by atoms with Crippen molar-refractivity contribution in [3.05, 3.63) is 30.3 Å². The number of benzene rings is 1. The fourth-order valence-electron chi connectivity index (χ4n) is 2.41. The molecule has 0 N–H and O–H groups in total. The van der Waals surface area contributed by atoms with Crippen molar-refractivity contribution in [2.75, 3.05) is 11.3 Å². The average Bonchev–Trinajstić information content (AvgIpc) is 2.44. The van der Waals surface area contributed by atoms with E-state index in [4.69, 9.17) is 15.7 Å². The van der Waals surface area contributed by atoms with Crippen LogP contribution in [0.3, 0.4) is 0 Å². The molecule has 0 unspecified atom stereocenters. The van der Waals surface area contributed by atoms with Crippen molar-refractivity contribution in [3.8, 4) is 0 Å². The molecule has 0 aliphatic carbocycles. The first kappa shape index (κ1) is 19.9. The molecule has 1 aromatic carbocycles. The zero-order valence-electron chi connectivity index (χ0n) is 13.9. The van der Waals surface area contributed by atoms with Gasteiger partial charge in [-0.05, 0) is 50.8 Å². The van der Waals surface area contributed by atoms with Crippen LogP contribution in [0, 0.1) is 0 Å². The summed E-state index contributed by atoms with van der Waals surface area (Å²) < 4.78 is 30.7. The molecule has 0 aromatic heterocycles. The first-order chi connectivity index (χ1) is 10.1. The topological polar surface area (TPSA) is 43.4 Å². The van der Waals surface area contributed by atoms with Crippen molar-refractivity contribution >= 4 is 38.1 Å². The molecule has 0 fully saturated rings. The zero-order chi connectivity index (χ0) is 16.9. The van der Waals surface area contributed by atoms with Crippen LogP contribution in [0.4, 0.5) is 0 Å². The lowest BCUT2D eigenvalue weighted by molar-refractivity contribution is 0.540. The molecular formula is C15H27ClO3SSi2. The van der Waals surface area contributed by atoms with Gasteiger partial charge < -0.3 is 4.12 Å². The number of hydrogen-bond acceptors (Lipinski definition) is 3. The summed E-state index contributed by atoms with van der Waals surface area (Å²) in [5.74, 6) is 0.206. The van der Waals surface area contributed by atoms with E-state index < -0.39 is 26.5 Å². The van der Waals surface area contributed by atoms with E-state index in [0.29, 0.717) is 16.8 Å². The van der Waals surface area contributed by atoms with Gasteiger partial charge in [0.2, 0.25) is 0 Å². The minimum absolute atomic E-state index is 0.206. The summed E-state index contributed by atoms with van der Waals surface area (Å²) in [6.07, 6.45) is 1.57. The smallest absolute Gasteiger partial charge is 0.188 e. The normalized spacial score (nSPS) is 13.3. The second kappa shape index (κ2) is 8.10. The van der Waals surface area contributed by atoms with Crippen LogP contribution in [0.1, 0.15) is 12.8 Å². The van der Waals surface area contributed by atoms with Crippen molar-refractivity contribution in [1.29, 1.82) is 0 Å². The first-order valence-electron chi connectivity index (χ1n) is 7.62. The van der Waals surface area contributed by atoms with E-state index in [-0.39, 0.29) is 5.75 Å². The predicted octanol–water partition coefficient (Wildman–Crippen LogP) is 4.45. The van der Waals surface area contributed by atoms with Gasteiger partial charge in [-0.1, -0.05) is 24.6 Å². The highest BCUT2D eigenvalue weighted by Gasteiger charge is 2.32. The SMILES string of the molecule is C[Si](C)(CCl)O[Si](C)(C)CCCCS(=O)(=O)c1ccccc1. The Morgan fingerprint density at radius 1 is 1.00 bits per heavy atom. The molecule has 0 aliphatic heterocycles. The quantitative estimate of drug-likeness (QED) is 0.362.